The van der Waals surface area contributed by atoms with Crippen molar-refractivity contribution >= 4 is 39.1 Å². The van der Waals surface area contributed by atoms with Crippen molar-refractivity contribution in [1.29, 1.82) is 0 Å². The number of nitrogens with zero attached hydrogens (tertiary/aromatic N) is 2. The number of fused-ring (bicyclic) bond motifs is 1. The van der Waals surface area contributed by atoms with Crippen LogP contribution in [-0.2, 0) is 21.2 Å². The fraction of sp³-hybridized carbons (Fsp3) is 0.467. The Bertz CT molecular complexity index is 813. The molecule has 2 rings (SSSR count). The zero-order chi connectivity index (χ0) is 18.3. The first-order valence-electron chi connectivity index (χ1n) is 7.33. The lowest BCUT2D eigenvalue weighted by atomic mass is 10.1. The minimum atomic E-state index is -4.15. The number of carbonyl (C=O) groups excluding carboxylic acids is 1. The molecule has 9 heteroatoms. The molecule has 132 valence electrons. The summed E-state index contributed by atoms with van der Waals surface area (Å²) in [6, 6.07) is 2.89. The fourth-order valence-electron chi connectivity index (χ4n) is 2.59. The molecule has 1 aromatic rings. The molecule has 1 heterocycles. The van der Waals surface area contributed by atoms with Gasteiger partial charge in [-0.15, -0.1) is 4.40 Å². The summed E-state index contributed by atoms with van der Waals surface area (Å²) in [4.78, 5) is 12.9. The second-order valence-electron chi connectivity index (χ2n) is 6.38. The molecule has 0 saturated carbocycles. The van der Waals surface area contributed by atoms with E-state index in [0.717, 1.165) is 5.56 Å². The van der Waals surface area contributed by atoms with Gasteiger partial charge in [0, 0.05) is 25.6 Å². The predicted octanol–water partition coefficient (Wildman–Crippen LogP) is 1.46. The number of nitrogens with two attached hydrogens (primary N) is 1. The summed E-state index contributed by atoms with van der Waals surface area (Å²) >= 11 is 6.09. The van der Waals surface area contributed by atoms with Crippen molar-refractivity contribution in [1.82, 2.24) is 0 Å². The second-order valence-corrected chi connectivity index (χ2v) is 8.36. The van der Waals surface area contributed by atoms with Crippen LogP contribution >= 0.6 is 11.6 Å². The average molecular weight is 374 g/mol. The maximum Gasteiger partial charge on any atom is 0.285 e. The van der Waals surface area contributed by atoms with E-state index in [2.05, 4.69) is 4.40 Å². The van der Waals surface area contributed by atoms with E-state index in [1.165, 1.54) is 37.8 Å². The molecule has 3 N–H and O–H groups in total. The van der Waals surface area contributed by atoms with Gasteiger partial charge in [-0.1, -0.05) is 11.6 Å². The molecule has 0 aliphatic carbocycles. The molecule has 0 aromatic heterocycles. The highest BCUT2D eigenvalue weighted by atomic mass is 35.5. The molecule has 7 nitrogen and oxygen atoms in total. The molecular formula is C15H20ClN3O4S. The van der Waals surface area contributed by atoms with E-state index in [9.17, 15) is 18.3 Å². The van der Waals surface area contributed by atoms with Gasteiger partial charge in [-0.3, -0.25) is 4.79 Å². The van der Waals surface area contributed by atoms with Crippen LogP contribution in [0.25, 0.3) is 0 Å². The third-order valence-electron chi connectivity index (χ3n) is 3.54. The van der Waals surface area contributed by atoms with Gasteiger partial charge < -0.3 is 15.7 Å². The normalized spacial score (nSPS) is 15.5. The highest BCUT2D eigenvalue weighted by molar-refractivity contribution is 7.90. The van der Waals surface area contributed by atoms with Crippen LogP contribution in [0.4, 0.5) is 5.69 Å². The number of amides is 1. The van der Waals surface area contributed by atoms with Gasteiger partial charge in [0.15, 0.2) is 0 Å². The van der Waals surface area contributed by atoms with Crippen LogP contribution in [0.2, 0.25) is 5.02 Å². The molecule has 24 heavy (non-hydrogen) atoms. The summed E-state index contributed by atoms with van der Waals surface area (Å²) in [5.74, 6) is -0.396. The maximum atomic E-state index is 12.5. The van der Waals surface area contributed by atoms with E-state index in [4.69, 9.17) is 17.3 Å². The predicted molar refractivity (Wildman–Crippen MR) is 92.9 cm³/mol. The number of hydrogen-bond acceptors (Lipinski definition) is 4. The number of carbonyl (C=O) groups is 1. The Balaban J connectivity index is 2.47. The van der Waals surface area contributed by atoms with Gasteiger partial charge in [0.25, 0.3) is 10.0 Å². The Morgan fingerprint density at radius 1 is 1.46 bits per heavy atom. The summed E-state index contributed by atoms with van der Waals surface area (Å²) in [6.07, 6.45) is 0.507. The van der Waals surface area contributed by atoms with Crippen LogP contribution in [0.3, 0.4) is 0 Å². The Kier molecular flexibility index (Phi) is 4.94. The van der Waals surface area contributed by atoms with Crippen molar-refractivity contribution in [2.75, 3.05) is 11.4 Å². The van der Waals surface area contributed by atoms with Crippen LogP contribution in [0.1, 0.15) is 32.8 Å². The van der Waals surface area contributed by atoms with Crippen LogP contribution in [0.15, 0.2) is 21.4 Å². The highest BCUT2D eigenvalue weighted by Crippen LogP contribution is 2.36. The maximum absolute atomic E-state index is 12.5. The van der Waals surface area contributed by atoms with Crippen molar-refractivity contribution < 1.29 is 18.3 Å². The topological polar surface area (TPSA) is 113 Å². The van der Waals surface area contributed by atoms with Crippen LogP contribution < -0.4 is 10.6 Å². The molecule has 0 bridgehead atoms. The molecule has 0 saturated heterocycles. The van der Waals surface area contributed by atoms with Gasteiger partial charge in [0.1, 0.15) is 10.7 Å². The van der Waals surface area contributed by atoms with E-state index >= 15 is 0 Å². The number of aliphatic hydroxyl groups is 1. The molecule has 1 aliphatic heterocycles. The number of benzene rings is 1. The molecule has 0 radical (unpaired) electrons. The fourth-order valence-corrected chi connectivity index (χ4v) is 4.11. The number of halogens is 1. The quantitative estimate of drug-likeness (QED) is 0.612. The zero-order valence-electron chi connectivity index (χ0n) is 13.7. The smallest absolute Gasteiger partial charge is 0.285 e. The van der Waals surface area contributed by atoms with E-state index in [0.29, 0.717) is 18.7 Å². The summed E-state index contributed by atoms with van der Waals surface area (Å²) in [5.41, 5.74) is 5.76. The lowest BCUT2D eigenvalue weighted by Gasteiger charge is -2.17. The Hall–Kier alpha value is -1.64. The van der Waals surface area contributed by atoms with Crippen molar-refractivity contribution in [2.24, 2.45) is 10.1 Å². The van der Waals surface area contributed by atoms with Crippen molar-refractivity contribution in [3.05, 3.63) is 22.7 Å². The second kappa shape index (κ2) is 6.34. The molecule has 1 aromatic carbocycles. The van der Waals surface area contributed by atoms with Crippen LogP contribution in [-0.4, -0.2) is 37.4 Å². The first kappa shape index (κ1) is 18.7. The monoisotopic (exact) mass is 373 g/mol. The van der Waals surface area contributed by atoms with Gasteiger partial charge in [0.05, 0.1) is 10.6 Å². The van der Waals surface area contributed by atoms with Crippen molar-refractivity contribution in [3.63, 3.8) is 0 Å². The van der Waals surface area contributed by atoms with Gasteiger partial charge in [0.2, 0.25) is 5.91 Å². The molecule has 0 atom stereocenters. The lowest BCUT2D eigenvalue weighted by Crippen LogP contribution is -2.28. The lowest BCUT2D eigenvalue weighted by molar-refractivity contribution is -0.116. The minimum absolute atomic E-state index is 0.0268. The van der Waals surface area contributed by atoms with Gasteiger partial charge in [-0.2, -0.15) is 8.42 Å². The molecule has 1 amide bonds. The van der Waals surface area contributed by atoms with Crippen LogP contribution in [0.5, 0.6) is 0 Å². The highest BCUT2D eigenvalue weighted by Gasteiger charge is 2.28. The molecular weight excluding hydrogens is 354 g/mol. The number of sulfonamides is 1. The van der Waals surface area contributed by atoms with E-state index in [1.807, 2.05) is 0 Å². The van der Waals surface area contributed by atoms with E-state index in [1.54, 1.807) is 0 Å². The Morgan fingerprint density at radius 2 is 2.08 bits per heavy atom. The first-order valence-corrected chi connectivity index (χ1v) is 9.15. The van der Waals surface area contributed by atoms with Crippen molar-refractivity contribution in [3.8, 4) is 0 Å². The van der Waals surface area contributed by atoms with Gasteiger partial charge in [-0.05, 0) is 38.0 Å². The Morgan fingerprint density at radius 3 is 2.62 bits per heavy atom. The van der Waals surface area contributed by atoms with Crippen molar-refractivity contribution in [2.45, 2.75) is 44.1 Å². The van der Waals surface area contributed by atoms with E-state index in [-0.39, 0.29) is 28.1 Å². The van der Waals surface area contributed by atoms with E-state index < -0.39 is 15.6 Å². The number of hydrogen-bond donors (Lipinski definition) is 2. The number of rotatable bonds is 4. The third-order valence-corrected chi connectivity index (χ3v) is 5.33. The molecule has 0 spiro atoms. The molecule has 0 unspecified atom stereocenters. The van der Waals surface area contributed by atoms with Gasteiger partial charge >= 0.3 is 0 Å². The standard InChI is InChI=1S/C15H20ClN3O4S/c1-9(20)19-5-4-10-6-11(16)13(7-12(10)19)24(22,23)18-14(17)8-15(2,3)21/h6-7,21H,4-5,8H2,1-3H3,(H2,17,18). The number of anilines is 1. The third kappa shape index (κ3) is 4.06. The minimum Gasteiger partial charge on any atom is -0.390 e. The molecule has 0 fully saturated rings. The first-order chi connectivity index (χ1) is 10.9. The summed E-state index contributed by atoms with van der Waals surface area (Å²) in [6.45, 7) is 4.89. The summed E-state index contributed by atoms with van der Waals surface area (Å²) in [7, 11) is -4.15. The number of amidine groups is 1. The van der Waals surface area contributed by atoms with Crippen LogP contribution in [0, 0.1) is 0 Å². The Labute approximate surface area is 146 Å². The van der Waals surface area contributed by atoms with Gasteiger partial charge in [-0.25, -0.2) is 0 Å². The zero-order valence-corrected chi connectivity index (χ0v) is 15.3. The average Bonchev–Trinajstić information content (AvgIpc) is 2.76. The molecule has 1 aliphatic rings. The SMILES string of the molecule is CC(=O)N1CCc2cc(Cl)c(S(=O)(=O)N=C(N)CC(C)(C)O)cc21. The summed E-state index contributed by atoms with van der Waals surface area (Å²) in [5, 5.41) is 9.73. The summed E-state index contributed by atoms with van der Waals surface area (Å²) < 4.78 is 28.5. The largest absolute Gasteiger partial charge is 0.390 e.